The maximum Gasteiger partial charge on any atom is 0.115 e. The molecule has 0 amide bonds. The quantitative estimate of drug-likeness (QED) is 0.159. The summed E-state index contributed by atoms with van der Waals surface area (Å²) in [5, 5.41) is 0. The van der Waals surface area contributed by atoms with E-state index in [0.717, 1.165) is 0 Å². The van der Waals surface area contributed by atoms with Gasteiger partial charge in [0.15, 0.2) is 0 Å². The van der Waals surface area contributed by atoms with Crippen LogP contribution in [0.5, 0.6) is 0 Å². The molecule has 14 heteroatoms. The van der Waals surface area contributed by atoms with Gasteiger partial charge in [-0.2, -0.15) is 0 Å². The summed E-state index contributed by atoms with van der Waals surface area (Å²) < 4.78 is 73.5. The molecule has 0 saturated heterocycles. The van der Waals surface area contributed by atoms with Gasteiger partial charge in [-0.1, -0.05) is 96.5 Å². The van der Waals surface area contributed by atoms with Crippen molar-refractivity contribution in [2.45, 2.75) is 96.5 Å². The van der Waals surface area contributed by atoms with Gasteiger partial charge in [-0.3, -0.25) is 0 Å². The van der Waals surface area contributed by atoms with Crippen LogP contribution in [0.2, 0.25) is 19.8 Å². The number of hydrogen-bond acceptors (Lipinski definition) is 14. The maximum atomic E-state index is 5.25. The molecule has 0 fully saturated rings. The summed E-state index contributed by atoms with van der Waals surface area (Å²) in [6, 6.07) is 0. The highest BCUT2D eigenvalue weighted by molar-refractivity contribution is 2.52. The Hall–Kier alpha value is -0.560. The third-order valence-electron chi connectivity index (χ3n) is 0. The van der Waals surface area contributed by atoms with Crippen molar-refractivity contribution in [2.24, 2.45) is 0 Å². The molecule has 0 atom stereocenters. The van der Waals surface area contributed by atoms with Crippen molar-refractivity contribution in [1.29, 1.82) is 0 Å². The van der Waals surface area contributed by atoms with Crippen LogP contribution in [0.4, 0.5) is 0 Å². The lowest BCUT2D eigenvalue weighted by Gasteiger charge is -0.345. The topological polar surface area (TPSA) is 490 Å². The first kappa shape index (κ1) is 94.7. The SMILES string of the molecule is C.C.C.C.C.C.C.C.C.C.C.C.C.[2H]N.[2H]N.[2H]N.[2H]N.[2H]N.[2H]N.[2H]N.[2H]N.[2H]N.[2H]N.[2H]N.[2H]N.[2H]N.[2H]N. The molecule has 0 rings (SSSR count). The van der Waals surface area contributed by atoms with Crippen LogP contribution in [0.3, 0.4) is 0 Å². The third kappa shape index (κ3) is 44600. The minimum atomic E-state index is 0. The lowest BCUT2D eigenvalue weighted by Crippen LogP contribution is -0.482. The van der Waals surface area contributed by atoms with Gasteiger partial charge in [0, 0.05) is 0 Å². The molecule has 0 aromatic heterocycles. The third-order valence-corrected chi connectivity index (χ3v) is 0. The Morgan fingerprint density at radius 1 is 0.148 bits per heavy atom. The fraction of sp³-hybridized carbons (Fsp3) is 1.00. The highest BCUT2D eigenvalue weighted by Gasteiger charge is -0.0649. The predicted octanol–water partition coefficient (Wildman–Crippen LogP) is 10.5. The summed E-state index contributed by atoms with van der Waals surface area (Å²) in [5.74, 6) is 0. The van der Waals surface area contributed by atoms with Gasteiger partial charge in [0.1, 0.15) is 19.8 Å². The fourth-order valence-corrected chi connectivity index (χ4v) is 0. The van der Waals surface area contributed by atoms with E-state index in [0.29, 0.717) is 0 Å². The summed E-state index contributed by atoms with van der Waals surface area (Å²) in [5.41, 5.74) is 0. The van der Waals surface area contributed by atoms with Gasteiger partial charge in [-0.05, 0) is 0 Å². The first-order valence-electron chi connectivity index (χ1n) is 8.08. The van der Waals surface area contributed by atoms with Crippen LogP contribution in [0, 0.1) is 0 Å². The van der Waals surface area contributed by atoms with E-state index >= 15 is 0 Å². The lowest BCUT2D eigenvalue weighted by atomic mass is 12.0. The fourth-order valence-electron chi connectivity index (χ4n) is 0. The van der Waals surface area contributed by atoms with Gasteiger partial charge in [0.05, 0.1) is 0 Å². The standard InChI is InChI=1S/13CH4.14H3N/h13*1H4;14*1H3/i/hD14. The molecule has 0 aromatic rings. The smallest absolute Gasteiger partial charge is 0.115 e. The van der Waals surface area contributed by atoms with E-state index in [1.165, 1.54) is 0 Å². The first-order valence-corrected chi connectivity index (χ1v) is 0. The molecule has 0 aliphatic rings. The highest BCUT2D eigenvalue weighted by Crippen LogP contribution is 0.156. The van der Waals surface area contributed by atoms with E-state index in [-0.39, 0.29) is 96.5 Å². The zero-order valence-corrected chi connectivity index (χ0v) is 8.08. The Kier molecular flexibility index (Phi) is 170000. The van der Waals surface area contributed by atoms with Crippen molar-refractivity contribution in [3.05, 3.63) is 0 Å². The van der Waals surface area contributed by atoms with Gasteiger partial charge in [0.25, 0.3) is 0 Å². The summed E-state index contributed by atoms with van der Waals surface area (Å²) in [6.07, 6.45) is 52.5. The van der Waals surface area contributed by atoms with E-state index in [9.17, 15) is 0 Å². The van der Waals surface area contributed by atoms with Crippen LogP contribution in [0.25, 0.3) is 0 Å². The minimum Gasteiger partial charge on any atom is -0.344 e. The molecule has 0 saturated carbocycles. The average Bonchev–Trinajstić information content (AvgIpc) is 2.95. The maximum absolute atomic E-state index is 5.25. The van der Waals surface area contributed by atoms with Crippen LogP contribution in [0.15, 0.2) is 0 Å². The molecule has 0 radical (unpaired) electrons. The molecular formula is C13H94N14. The van der Waals surface area contributed by atoms with E-state index in [2.05, 4.69) is 86.0 Å². The molecule has 0 unspecified atom stereocenters. The normalized spacial score (nSPS) is 3.63. The lowest BCUT2D eigenvalue weighted by molar-refractivity contribution is 2.13. The second kappa shape index (κ2) is 48500. The Morgan fingerprint density at radius 3 is 0.148 bits per heavy atom. The van der Waals surface area contributed by atoms with Gasteiger partial charge in [0.2, 0.25) is 0 Å². The first-order chi connectivity index (χ1) is 14.0. The Balaban J connectivity index is -0.00000000201. The Bertz CT molecular complexity index is 64.9. The summed E-state index contributed by atoms with van der Waals surface area (Å²) >= 11 is 0. The van der Waals surface area contributed by atoms with Crippen LogP contribution >= 0.6 is 0 Å². The van der Waals surface area contributed by atoms with E-state index in [1.54, 1.807) is 0 Å². The molecule has 27 heavy (non-hydrogen) atoms. The Morgan fingerprint density at radius 2 is 0.148 bits per heavy atom. The molecule has 42 N–H and O–H groups in total. The molecule has 0 spiro atoms. The van der Waals surface area contributed by atoms with Crippen molar-refractivity contribution in [3.63, 3.8) is 0 Å². The van der Waals surface area contributed by atoms with Crippen molar-refractivity contribution < 1.29 is 19.8 Å². The minimum absolute atomic E-state index is 0. The van der Waals surface area contributed by atoms with Crippen molar-refractivity contribution in [2.75, 3.05) is 0 Å². The Labute approximate surface area is 204 Å². The van der Waals surface area contributed by atoms with Crippen molar-refractivity contribution >= 4 is 0 Å². The molecular weight excluding hydrogens is 352 g/mol. The zero-order valence-electron chi connectivity index (χ0n) is 22.1. The van der Waals surface area contributed by atoms with Crippen LogP contribution in [-0.2, 0) is 0 Å². The molecule has 0 heterocycles. The predicted molar refractivity (Wildman–Crippen MR) is 158 cm³/mol. The second-order valence-corrected chi connectivity index (χ2v) is 0. The van der Waals surface area contributed by atoms with Gasteiger partial charge < -0.3 is 86.0 Å². The monoisotopic (exact) mass is 461 g/mol. The van der Waals surface area contributed by atoms with E-state index < -0.39 is 0 Å². The van der Waals surface area contributed by atoms with Crippen molar-refractivity contribution in [1.82, 2.24) is 86.0 Å². The van der Waals surface area contributed by atoms with Crippen LogP contribution < -0.4 is 86.0 Å². The number of hydrogen-bond donors (Lipinski definition) is 14. The van der Waals surface area contributed by atoms with Gasteiger partial charge >= 0.3 is 0 Å². The molecule has 216 valence electrons. The molecule has 0 bridgehead atoms. The zero-order chi connectivity index (χ0) is 28.0. The highest BCUT2D eigenvalue weighted by atomic mass is 14.0. The summed E-state index contributed by atoms with van der Waals surface area (Å²) in [7, 11) is 0. The second-order valence-electron chi connectivity index (χ2n) is 0. The molecule has 0 aliphatic carbocycles. The molecule has 0 aromatic carbocycles. The van der Waals surface area contributed by atoms with E-state index in [1.807, 2.05) is 0 Å². The van der Waals surface area contributed by atoms with Crippen molar-refractivity contribution in [3.8, 4) is 0 Å². The average molecular weight is 461 g/mol. The molecule has 0 aliphatic heterocycles. The van der Waals surface area contributed by atoms with E-state index in [4.69, 9.17) is 19.8 Å². The summed E-state index contributed by atoms with van der Waals surface area (Å²) in [4.78, 5) is 0. The van der Waals surface area contributed by atoms with Gasteiger partial charge in [-0.25, -0.2) is 0 Å². The van der Waals surface area contributed by atoms with Gasteiger partial charge in [-0.15, -0.1) is 0 Å². The van der Waals surface area contributed by atoms with Crippen LogP contribution in [-0.4, -0.2) is 0 Å². The van der Waals surface area contributed by atoms with Crippen LogP contribution in [0.1, 0.15) is 96.5 Å². The summed E-state index contributed by atoms with van der Waals surface area (Å²) in [6.45, 7) is 0. The molecule has 14 nitrogen and oxygen atoms in total. The largest absolute Gasteiger partial charge is 0.344 e. The number of rotatable bonds is 0.